The van der Waals surface area contributed by atoms with Gasteiger partial charge in [0, 0.05) is 10.2 Å². The van der Waals surface area contributed by atoms with Crippen molar-refractivity contribution in [1.82, 2.24) is 0 Å². The van der Waals surface area contributed by atoms with Crippen molar-refractivity contribution in [2.75, 3.05) is 5.75 Å². The van der Waals surface area contributed by atoms with E-state index in [-0.39, 0.29) is 5.17 Å². The summed E-state index contributed by atoms with van der Waals surface area (Å²) in [5, 5.41) is 7.45. The minimum atomic E-state index is 0.182. The Kier molecular flexibility index (Phi) is 4.41. The molecule has 1 aliphatic rings. The van der Waals surface area contributed by atoms with Gasteiger partial charge in [-0.1, -0.05) is 53.7 Å². The van der Waals surface area contributed by atoms with E-state index in [4.69, 9.17) is 11.1 Å². The molecule has 1 aromatic rings. The monoisotopic (exact) mass is 338 g/mol. The third kappa shape index (κ3) is 3.86. The number of nitrogens with one attached hydrogen (secondary N) is 1. The number of halogens is 1. The maximum absolute atomic E-state index is 7.27. The fourth-order valence-electron chi connectivity index (χ4n) is 2.60. The summed E-state index contributed by atoms with van der Waals surface area (Å²) in [7, 11) is 0. The van der Waals surface area contributed by atoms with Crippen molar-refractivity contribution in [3.05, 3.63) is 39.9 Å². The molecule has 0 unspecified atom stereocenters. The number of allylic oxidation sites excluding steroid dienone is 1. The number of hydrogen-bond donors (Lipinski definition) is 2. The molecule has 2 rings (SSSR count). The van der Waals surface area contributed by atoms with E-state index >= 15 is 0 Å². The Morgan fingerprint density at radius 3 is 2.89 bits per heavy atom. The SMILES string of the molecule is CC1(C)CC(=CCSC(=N)N)c2cc(Br)ccc2C1. The van der Waals surface area contributed by atoms with E-state index in [9.17, 15) is 0 Å². The van der Waals surface area contributed by atoms with E-state index in [1.165, 1.54) is 28.5 Å². The molecule has 2 nitrogen and oxygen atoms in total. The fraction of sp³-hybridized carbons (Fsp3) is 0.400. The van der Waals surface area contributed by atoms with Gasteiger partial charge in [0.2, 0.25) is 0 Å². The van der Waals surface area contributed by atoms with Gasteiger partial charge in [0.05, 0.1) is 0 Å². The third-order valence-electron chi connectivity index (χ3n) is 3.32. The number of benzene rings is 1. The van der Waals surface area contributed by atoms with Crippen molar-refractivity contribution < 1.29 is 0 Å². The maximum Gasteiger partial charge on any atom is 0.151 e. The summed E-state index contributed by atoms with van der Waals surface area (Å²) in [6.07, 6.45) is 4.42. The Labute approximate surface area is 127 Å². The number of nitrogens with two attached hydrogens (primary N) is 1. The average molecular weight is 339 g/mol. The highest BCUT2D eigenvalue weighted by molar-refractivity contribution is 9.10. The van der Waals surface area contributed by atoms with Crippen LogP contribution in [0.15, 0.2) is 28.7 Å². The summed E-state index contributed by atoms with van der Waals surface area (Å²) < 4.78 is 1.12. The zero-order chi connectivity index (χ0) is 14.0. The van der Waals surface area contributed by atoms with Crippen LogP contribution in [0.25, 0.3) is 5.57 Å². The van der Waals surface area contributed by atoms with Crippen molar-refractivity contribution in [3.8, 4) is 0 Å². The standard InChI is InChI=1S/C15H19BrN2S/c1-15(2)8-10-3-4-12(16)7-13(10)11(9-15)5-6-19-14(17)18/h3-5,7H,6,8-9H2,1-2H3,(H3,17,18). The number of hydrogen-bond acceptors (Lipinski definition) is 2. The molecular formula is C15H19BrN2S. The summed E-state index contributed by atoms with van der Waals surface area (Å²) in [6.45, 7) is 4.62. The molecule has 1 aromatic carbocycles. The van der Waals surface area contributed by atoms with Gasteiger partial charge in [-0.3, -0.25) is 5.41 Å². The van der Waals surface area contributed by atoms with Crippen molar-refractivity contribution in [2.45, 2.75) is 26.7 Å². The quantitative estimate of drug-likeness (QED) is 0.618. The van der Waals surface area contributed by atoms with Crippen molar-refractivity contribution in [3.63, 3.8) is 0 Å². The van der Waals surface area contributed by atoms with Gasteiger partial charge in [0.15, 0.2) is 5.17 Å². The molecule has 0 amide bonds. The van der Waals surface area contributed by atoms with Gasteiger partial charge in [0.25, 0.3) is 0 Å². The van der Waals surface area contributed by atoms with Crippen LogP contribution in [0.5, 0.6) is 0 Å². The van der Waals surface area contributed by atoms with Gasteiger partial charge in [0.1, 0.15) is 0 Å². The lowest BCUT2D eigenvalue weighted by molar-refractivity contribution is 0.365. The first-order valence-corrected chi connectivity index (χ1v) is 8.10. The number of amidine groups is 1. The lowest BCUT2D eigenvalue weighted by atomic mass is 9.72. The van der Waals surface area contributed by atoms with Crippen LogP contribution in [-0.4, -0.2) is 10.9 Å². The third-order valence-corrected chi connectivity index (χ3v) is 4.46. The van der Waals surface area contributed by atoms with E-state index in [2.05, 4.69) is 54.1 Å². The second kappa shape index (κ2) is 5.71. The first kappa shape index (κ1) is 14.7. The summed E-state index contributed by atoms with van der Waals surface area (Å²) in [5.41, 5.74) is 9.83. The molecule has 102 valence electrons. The molecule has 0 heterocycles. The summed E-state index contributed by atoms with van der Waals surface area (Å²) in [4.78, 5) is 0. The molecule has 0 saturated carbocycles. The molecule has 4 heteroatoms. The summed E-state index contributed by atoms with van der Waals surface area (Å²) in [5.74, 6) is 0.771. The van der Waals surface area contributed by atoms with E-state index in [1.54, 1.807) is 0 Å². The Hall–Kier alpha value is -0.740. The molecule has 0 saturated heterocycles. The molecule has 0 aromatic heterocycles. The minimum absolute atomic E-state index is 0.182. The molecule has 0 bridgehead atoms. The van der Waals surface area contributed by atoms with Gasteiger partial charge < -0.3 is 5.73 Å². The van der Waals surface area contributed by atoms with Crippen LogP contribution in [-0.2, 0) is 6.42 Å². The highest BCUT2D eigenvalue weighted by atomic mass is 79.9. The predicted molar refractivity (Wildman–Crippen MR) is 88.6 cm³/mol. The Bertz CT molecular complexity index is 535. The number of thioether (sulfide) groups is 1. The normalized spacial score (nSPS) is 19.2. The Balaban J connectivity index is 2.33. The summed E-state index contributed by atoms with van der Waals surface area (Å²) in [6, 6.07) is 6.53. The second-order valence-electron chi connectivity index (χ2n) is 5.72. The van der Waals surface area contributed by atoms with Crippen molar-refractivity contribution >= 4 is 38.4 Å². The van der Waals surface area contributed by atoms with E-state index in [0.717, 1.165) is 23.1 Å². The lowest BCUT2D eigenvalue weighted by Crippen LogP contribution is -2.21. The minimum Gasteiger partial charge on any atom is -0.379 e. The van der Waals surface area contributed by atoms with Crippen LogP contribution in [0.2, 0.25) is 0 Å². The highest BCUT2D eigenvalue weighted by Gasteiger charge is 2.28. The van der Waals surface area contributed by atoms with Crippen molar-refractivity contribution in [2.24, 2.45) is 11.1 Å². The Morgan fingerprint density at radius 2 is 2.21 bits per heavy atom. The molecule has 3 N–H and O–H groups in total. The van der Waals surface area contributed by atoms with Crippen LogP contribution in [0.4, 0.5) is 0 Å². The molecule has 0 spiro atoms. The largest absolute Gasteiger partial charge is 0.379 e. The van der Waals surface area contributed by atoms with E-state index in [0.29, 0.717) is 5.41 Å². The molecular weight excluding hydrogens is 320 g/mol. The smallest absolute Gasteiger partial charge is 0.151 e. The maximum atomic E-state index is 7.27. The first-order chi connectivity index (χ1) is 8.87. The number of fused-ring (bicyclic) bond motifs is 1. The lowest BCUT2D eigenvalue weighted by Gasteiger charge is -2.33. The molecule has 19 heavy (non-hydrogen) atoms. The second-order valence-corrected chi connectivity index (χ2v) is 7.70. The van der Waals surface area contributed by atoms with Crippen LogP contribution in [0.1, 0.15) is 31.4 Å². The van der Waals surface area contributed by atoms with Crippen LogP contribution < -0.4 is 5.73 Å². The zero-order valence-electron chi connectivity index (χ0n) is 11.3. The van der Waals surface area contributed by atoms with Crippen LogP contribution in [0, 0.1) is 10.8 Å². The molecule has 0 aliphatic heterocycles. The zero-order valence-corrected chi connectivity index (χ0v) is 13.7. The summed E-state index contributed by atoms with van der Waals surface area (Å²) >= 11 is 4.93. The van der Waals surface area contributed by atoms with Gasteiger partial charge in [-0.15, -0.1) is 0 Å². The molecule has 0 atom stereocenters. The van der Waals surface area contributed by atoms with Gasteiger partial charge >= 0.3 is 0 Å². The van der Waals surface area contributed by atoms with Gasteiger partial charge in [-0.25, -0.2) is 0 Å². The Morgan fingerprint density at radius 1 is 1.47 bits per heavy atom. The first-order valence-electron chi connectivity index (χ1n) is 6.32. The van der Waals surface area contributed by atoms with Gasteiger partial charge in [-0.2, -0.15) is 0 Å². The van der Waals surface area contributed by atoms with Crippen LogP contribution >= 0.6 is 27.7 Å². The topological polar surface area (TPSA) is 49.9 Å². The highest BCUT2D eigenvalue weighted by Crippen LogP contribution is 2.42. The molecule has 0 radical (unpaired) electrons. The molecule has 1 aliphatic carbocycles. The van der Waals surface area contributed by atoms with Crippen molar-refractivity contribution in [1.29, 1.82) is 5.41 Å². The van der Waals surface area contributed by atoms with E-state index < -0.39 is 0 Å². The fourth-order valence-corrected chi connectivity index (χ4v) is 3.43. The average Bonchev–Trinajstić information content (AvgIpc) is 2.28. The van der Waals surface area contributed by atoms with Crippen LogP contribution in [0.3, 0.4) is 0 Å². The number of rotatable bonds is 2. The predicted octanol–water partition coefficient (Wildman–Crippen LogP) is 4.43. The van der Waals surface area contributed by atoms with E-state index in [1.807, 2.05) is 0 Å². The van der Waals surface area contributed by atoms with Gasteiger partial charge in [-0.05, 0) is 47.1 Å². The molecule has 0 fully saturated rings.